The zero-order chi connectivity index (χ0) is 8.85. The Bertz CT molecular complexity index is 156. The maximum atomic E-state index is 10.9. The Kier molecular flexibility index (Phi) is 4.26. The van der Waals surface area contributed by atoms with Gasteiger partial charge in [-0.2, -0.15) is 0 Å². The highest BCUT2D eigenvalue weighted by molar-refractivity contribution is 5.82. The molecule has 0 saturated heterocycles. The van der Waals surface area contributed by atoms with Gasteiger partial charge in [-0.15, -0.1) is 0 Å². The molecule has 4 heteroatoms. The van der Waals surface area contributed by atoms with Crippen LogP contribution >= 0.6 is 0 Å². The van der Waals surface area contributed by atoms with Crippen LogP contribution in [0.15, 0.2) is 0 Å². The van der Waals surface area contributed by atoms with Gasteiger partial charge in [0.05, 0.1) is 0 Å². The average molecular weight is 162 g/mol. The second kappa shape index (κ2) is 4.71. The number of nitrogens with one attached hydrogen (secondary N) is 1. The number of aliphatic carboxylic acids is 1. The fourth-order valence-electron chi connectivity index (χ4n) is 0.522. The molecule has 0 saturated carbocycles. The molecule has 0 aromatic rings. The quantitative estimate of drug-likeness (QED) is 0.459. The summed E-state index contributed by atoms with van der Waals surface area (Å²) in [5.41, 5.74) is 0. The summed E-state index contributed by atoms with van der Waals surface area (Å²) >= 11 is 0. The summed E-state index contributed by atoms with van der Waals surface area (Å²) in [5.74, 6) is -1.31. The lowest BCUT2D eigenvalue weighted by atomic mass is 10.1. The van der Waals surface area contributed by atoms with E-state index in [1.807, 2.05) is 6.92 Å². The lowest BCUT2D eigenvalue weighted by Gasteiger charge is -2.06. The number of amides is 1. The van der Waals surface area contributed by atoms with Crippen molar-refractivity contribution >= 4 is 11.9 Å². The smallest absolute Gasteiger partial charge is 0.322 e. The standard InChI is InChI=1S/C7H13NO3/c1-3-5(2)7(11)8-4-6(9)10/h5H,3-4H2,1-2H3,(H,8,11)(H,9,10)/i4+1,6+1,8+1. The van der Waals surface area contributed by atoms with Gasteiger partial charge < -0.3 is 10.4 Å². The fourth-order valence-corrected chi connectivity index (χ4v) is 0.522. The van der Waals surface area contributed by atoms with Crippen LogP contribution in [-0.2, 0) is 9.59 Å². The minimum Gasteiger partial charge on any atom is -0.480 e. The lowest BCUT2D eigenvalue weighted by Crippen LogP contribution is -2.33. The Morgan fingerprint density at radius 1 is 1.55 bits per heavy atom. The summed E-state index contributed by atoms with van der Waals surface area (Å²) in [6, 6.07) is 0. The van der Waals surface area contributed by atoms with E-state index in [1.165, 1.54) is 0 Å². The van der Waals surface area contributed by atoms with Crippen LogP contribution in [-0.4, -0.2) is 23.5 Å². The number of carboxylic acid groups (broad SMARTS) is 1. The lowest BCUT2D eigenvalue weighted by molar-refractivity contribution is -0.138. The molecule has 0 rings (SSSR count). The number of rotatable bonds is 4. The van der Waals surface area contributed by atoms with Crippen LogP contribution in [0, 0.1) is 5.92 Å². The first-order chi connectivity index (χ1) is 5.07. The Morgan fingerprint density at radius 2 is 2.09 bits per heavy atom. The first-order valence-corrected chi connectivity index (χ1v) is 3.57. The molecule has 0 radical (unpaired) electrons. The van der Waals surface area contributed by atoms with Crippen molar-refractivity contribution in [3.8, 4) is 0 Å². The first kappa shape index (κ1) is 9.94. The molecule has 0 bridgehead atoms. The van der Waals surface area contributed by atoms with E-state index in [0.717, 1.165) is 6.42 Å². The highest BCUT2D eigenvalue weighted by atomic mass is 16.5. The summed E-state index contributed by atoms with van der Waals surface area (Å²) in [6.45, 7) is 3.35. The van der Waals surface area contributed by atoms with E-state index in [2.05, 4.69) is 5.32 Å². The summed E-state index contributed by atoms with van der Waals surface area (Å²) in [5, 5.41) is 10.5. The zero-order valence-corrected chi connectivity index (χ0v) is 6.76. The molecule has 0 fully saturated rings. The summed E-state index contributed by atoms with van der Waals surface area (Å²) < 4.78 is 0. The van der Waals surface area contributed by atoms with Gasteiger partial charge in [0.1, 0.15) is 6.54 Å². The highest BCUT2D eigenvalue weighted by Crippen LogP contribution is 1.98. The molecule has 2 N–H and O–H groups in total. The number of carboxylic acids is 1. The predicted octanol–water partition coefficient (Wildman–Crippen LogP) is 0.233. The van der Waals surface area contributed by atoms with Crippen LogP contribution in [0.4, 0.5) is 0 Å². The Labute approximate surface area is 65.6 Å². The molecule has 1 atom stereocenters. The molecule has 0 aliphatic heterocycles. The van der Waals surface area contributed by atoms with Crippen molar-refractivity contribution in [1.29, 1.82) is 0 Å². The Morgan fingerprint density at radius 3 is 2.45 bits per heavy atom. The maximum Gasteiger partial charge on any atom is 0.322 e. The van der Waals surface area contributed by atoms with E-state index in [0.29, 0.717) is 0 Å². The molecule has 4 nitrogen and oxygen atoms in total. The van der Waals surface area contributed by atoms with Crippen molar-refractivity contribution in [3.63, 3.8) is 0 Å². The second-order valence-corrected chi connectivity index (χ2v) is 2.42. The molecule has 0 heterocycles. The topological polar surface area (TPSA) is 66.4 Å². The summed E-state index contributed by atoms with van der Waals surface area (Å²) in [4.78, 5) is 20.9. The Balaban J connectivity index is 3.60. The first-order valence-electron chi connectivity index (χ1n) is 3.57. The zero-order valence-electron chi connectivity index (χ0n) is 6.76. The van der Waals surface area contributed by atoms with Gasteiger partial charge in [-0.25, -0.2) is 0 Å². The molecule has 0 aliphatic carbocycles. The van der Waals surface area contributed by atoms with Crippen LogP contribution in [0.2, 0.25) is 0 Å². The molecule has 1 unspecified atom stereocenters. The van der Waals surface area contributed by atoms with Gasteiger partial charge in [-0.1, -0.05) is 13.8 Å². The Hall–Kier alpha value is -1.06. The van der Waals surface area contributed by atoms with E-state index in [-0.39, 0.29) is 18.4 Å². The SMILES string of the molecule is CCC(C)C(=O)[15NH][13CH2][13C](=O)O. The molecule has 0 spiro atoms. The summed E-state index contributed by atoms with van der Waals surface area (Å²) in [6.07, 6.45) is 0.728. The van der Waals surface area contributed by atoms with Crippen molar-refractivity contribution in [2.45, 2.75) is 20.3 Å². The molecular formula is C7H13NO3. The van der Waals surface area contributed by atoms with E-state index < -0.39 is 5.97 Å². The normalized spacial score (nSPS) is 12.2. The van der Waals surface area contributed by atoms with Crippen molar-refractivity contribution in [2.75, 3.05) is 6.54 Å². The van der Waals surface area contributed by atoms with Crippen LogP contribution in [0.25, 0.3) is 0 Å². The molecule has 1 amide bonds. The van der Waals surface area contributed by atoms with Gasteiger partial charge in [-0.3, -0.25) is 9.59 Å². The molecule has 0 aromatic carbocycles. The van der Waals surface area contributed by atoms with Crippen LogP contribution in [0.5, 0.6) is 0 Å². The van der Waals surface area contributed by atoms with Crippen LogP contribution in [0.1, 0.15) is 20.3 Å². The van der Waals surface area contributed by atoms with Gasteiger partial charge >= 0.3 is 5.97 Å². The van der Waals surface area contributed by atoms with Crippen molar-refractivity contribution in [3.05, 3.63) is 0 Å². The number of hydrogen-bond acceptors (Lipinski definition) is 2. The van der Waals surface area contributed by atoms with Crippen molar-refractivity contribution in [2.24, 2.45) is 5.92 Å². The molecule has 11 heavy (non-hydrogen) atoms. The summed E-state index contributed by atoms with van der Waals surface area (Å²) in [7, 11) is 0. The van der Waals surface area contributed by atoms with Gasteiger partial charge in [-0.05, 0) is 6.42 Å². The van der Waals surface area contributed by atoms with Crippen molar-refractivity contribution in [1.82, 2.24) is 5.32 Å². The van der Waals surface area contributed by atoms with Crippen LogP contribution in [0.3, 0.4) is 0 Å². The van der Waals surface area contributed by atoms with E-state index in [9.17, 15) is 9.59 Å². The maximum absolute atomic E-state index is 10.9. The fraction of sp³-hybridized carbons (Fsp3) is 0.714. The molecule has 0 aromatic heterocycles. The largest absolute Gasteiger partial charge is 0.480 e. The highest BCUT2D eigenvalue weighted by Gasteiger charge is 2.10. The number of carbonyl (C=O) groups is 2. The van der Waals surface area contributed by atoms with Crippen LogP contribution < -0.4 is 5.32 Å². The van der Waals surface area contributed by atoms with Gasteiger partial charge in [0, 0.05) is 5.92 Å². The molecule has 64 valence electrons. The average Bonchev–Trinajstić information content (AvgIpc) is 1.98. The van der Waals surface area contributed by atoms with E-state index >= 15 is 0 Å². The third-order valence-corrected chi connectivity index (χ3v) is 1.47. The predicted molar refractivity (Wildman–Crippen MR) is 40.1 cm³/mol. The monoisotopic (exact) mass is 162 g/mol. The second-order valence-electron chi connectivity index (χ2n) is 2.42. The number of hydrogen-bond donors (Lipinski definition) is 2. The number of carbonyl (C=O) groups excluding carboxylic acids is 1. The third-order valence-electron chi connectivity index (χ3n) is 1.47. The van der Waals surface area contributed by atoms with E-state index in [1.54, 1.807) is 6.92 Å². The molecule has 0 aliphatic rings. The van der Waals surface area contributed by atoms with Gasteiger partial charge in [0.25, 0.3) is 0 Å². The van der Waals surface area contributed by atoms with E-state index in [4.69, 9.17) is 5.11 Å². The van der Waals surface area contributed by atoms with Gasteiger partial charge in [0.15, 0.2) is 0 Å². The molecular weight excluding hydrogens is 149 g/mol. The van der Waals surface area contributed by atoms with Crippen molar-refractivity contribution < 1.29 is 14.7 Å². The third kappa shape index (κ3) is 4.36. The minimum absolute atomic E-state index is 0.102. The minimum atomic E-state index is -1.01. The van der Waals surface area contributed by atoms with Gasteiger partial charge in [0.2, 0.25) is 5.91 Å².